The zero-order chi connectivity index (χ0) is 34.2. The molecule has 1 unspecified atom stereocenters. The highest BCUT2D eigenvalue weighted by atomic mass is 32.2. The van der Waals surface area contributed by atoms with Gasteiger partial charge in [-0.15, -0.1) is 0 Å². The molecule has 2 saturated heterocycles. The number of carbonyl (C=O) groups excluding carboxylic acids is 2. The van der Waals surface area contributed by atoms with Crippen molar-refractivity contribution in [3.8, 4) is 17.6 Å². The van der Waals surface area contributed by atoms with Gasteiger partial charge in [0.2, 0.25) is 5.91 Å². The van der Waals surface area contributed by atoms with E-state index in [4.69, 9.17) is 9.47 Å². The van der Waals surface area contributed by atoms with E-state index in [2.05, 4.69) is 11.0 Å². The van der Waals surface area contributed by atoms with Gasteiger partial charge in [-0.1, -0.05) is 12.5 Å². The number of likely N-dealkylation sites (tertiary alicyclic amines) is 2. The van der Waals surface area contributed by atoms with Crippen LogP contribution in [0.4, 0.5) is 5.69 Å². The van der Waals surface area contributed by atoms with Gasteiger partial charge in [-0.05, 0) is 98.9 Å². The molecule has 0 aliphatic carbocycles. The first-order chi connectivity index (χ1) is 23.1. The number of methoxy groups -OCH3 is 2. The van der Waals surface area contributed by atoms with Crippen molar-refractivity contribution in [2.24, 2.45) is 0 Å². The van der Waals surface area contributed by atoms with Crippen LogP contribution in [0.3, 0.4) is 0 Å². The van der Waals surface area contributed by atoms with Gasteiger partial charge in [-0.3, -0.25) is 19.4 Å². The van der Waals surface area contributed by atoms with Crippen LogP contribution >= 0.6 is 0 Å². The van der Waals surface area contributed by atoms with Crippen molar-refractivity contribution < 1.29 is 27.5 Å². The number of sulfonamides is 1. The maximum Gasteiger partial charge on any atom is 0.271 e. The van der Waals surface area contributed by atoms with Crippen LogP contribution in [0.1, 0.15) is 54.4 Å². The number of ether oxygens (including phenoxy) is 2. The van der Waals surface area contributed by atoms with Gasteiger partial charge in [-0.2, -0.15) is 5.26 Å². The van der Waals surface area contributed by atoms with Crippen molar-refractivity contribution in [1.29, 1.82) is 5.26 Å². The second kappa shape index (κ2) is 13.2. The molecule has 3 aromatic carbocycles. The van der Waals surface area contributed by atoms with Gasteiger partial charge in [0.05, 0.1) is 42.5 Å². The van der Waals surface area contributed by atoms with Gasteiger partial charge in [0.25, 0.3) is 15.9 Å². The zero-order valence-electron chi connectivity index (χ0n) is 27.8. The fourth-order valence-electron chi connectivity index (χ4n) is 7.46. The molecule has 0 bridgehead atoms. The lowest BCUT2D eigenvalue weighted by Gasteiger charge is -2.42. The summed E-state index contributed by atoms with van der Waals surface area (Å²) in [5, 5.41) is 10.1. The van der Waals surface area contributed by atoms with Gasteiger partial charge in [-0.25, -0.2) is 12.7 Å². The molecule has 0 spiro atoms. The molecular weight excluding hydrogens is 630 g/mol. The van der Waals surface area contributed by atoms with Crippen LogP contribution in [-0.2, 0) is 31.7 Å². The highest BCUT2D eigenvalue weighted by molar-refractivity contribution is 7.93. The number of likely N-dealkylation sites (N-methyl/N-ethyl adjacent to an activating group) is 1. The molecule has 3 aliphatic rings. The van der Waals surface area contributed by atoms with Crippen LogP contribution in [0.25, 0.3) is 0 Å². The number of benzene rings is 3. The third-order valence-corrected chi connectivity index (χ3v) is 11.5. The quantitative estimate of drug-likeness (QED) is 0.331. The van der Waals surface area contributed by atoms with Crippen LogP contribution in [0.15, 0.2) is 65.6 Å². The van der Waals surface area contributed by atoms with Crippen LogP contribution in [0, 0.1) is 11.3 Å². The van der Waals surface area contributed by atoms with Gasteiger partial charge < -0.3 is 14.4 Å². The van der Waals surface area contributed by atoms with Crippen molar-refractivity contribution in [3.63, 3.8) is 0 Å². The average molecular weight is 672 g/mol. The molecule has 0 N–H and O–H groups in total. The first kappa shape index (κ1) is 33.5. The Morgan fingerprint density at radius 3 is 2.31 bits per heavy atom. The summed E-state index contributed by atoms with van der Waals surface area (Å²) in [4.78, 5) is 34.9. The fraction of sp³-hybridized carbons (Fsp3) is 0.417. The second-order valence-electron chi connectivity index (χ2n) is 12.8. The summed E-state index contributed by atoms with van der Waals surface area (Å²) in [5.41, 5.74) is 0.262. The Kier molecular flexibility index (Phi) is 9.22. The number of amides is 2. The summed E-state index contributed by atoms with van der Waals surface area (Å²) in [6, 6.07) is 17.6. The van der Waals surface area contributed by atoms with E-state index in [1.165, 1.54) is 61.9 Å². The molecule has 3 heterocycles. The molecule has 3 aromatic rings. The molecule has 48 heavy (non-hydrogen) atoms. The Hall–Kier alpha value is -4.44. The number of anilines is 1. The Morgan fingerprint density at radius 1 is 0.938 bits per heavy atom. The molecule has 0 aromatic heterocycles. The van der Waals surface area contributed by atoms with Crippen LogP contribution in [-0.4, -0.2) is 88.9 Å². The number of nitriles is 1. The highest BCUT2D eigenvalue weighted by Crippen LogP contribution is 2.55. The van der Waals surface area contributed by atoms with Crippen molar-refractivity contribution >= 4 is 27.5 Å². The minimum absolute atomic E-state index is 0.101. The lowest BCUT2D eigenvalue weighted by atomic mass is 9.79. The van der Waals surface area contributed by atoms with E-state index in [9.17, 15) is 18.5 Å². The van der Waals surface area contributed by atoms with E-state index >= 15 is 4.79 Å². The zero-order valence-corrected chi connectivity index (χ0v) is 28.6. The van der Waals surface area contributed by atoms with E-state index in [0.717, 1.165) is 35.8 Å². The maximum absolute atomic E-state index is 15.5. The van der Waals surface area contributed by atoms with Gasteiger partial charge >= 0.3 is 0 Å². The monoisotopic (exact) mass is 671 g/mol. The Bertz CT molecular complexity index is 1870. The van der Waals surface area contributed by atoms with Crippen molar-refractivity contribution in [3.05, 3.63) is 82.9 Å². The average Bonchev–Trinajstić information content (AvgIpc) is 3.69. The molecule has 0 radical (unpaired) electrons. The summed E-state index contributed by atoms with van der Waals surface area (Å²) in [6.07, 6.45) is 4.48. The first-order valence-corrected chi connectivity index (χ1v) is 17.7. The molecule has 2 atom stereocenters. The van der Waals surface area contributed by atoms with E-state index in [1.807, 2.05) is 23.1 Å². The number of rotatable bonds is 9. The highest BCUT2D eigenvalue weighted by Gasteiger charge is 2.63. The van der Waals surface area contributed by atoms with E-state index in [1.54, 1.807) is 20.2 Å². The molecule has 2 fully saturated rings. The third-order valence-electron chi connectivity index (χ3n) is 9.74. The molecule has 0 saturated carbocycles. The predicted octanol–water partition coefficient (Wildman–Crippen LogP) is 4.09. The van der Waals surface area contributed by atoms with Crippen molar-refractivity contribution in [2.75, 3.05) is 52.3 Å². The normalized spacial score (nSPS) is 21.5. The van der Waals surface area contributed by atoms with Crippen LogP contribution in [0.5, 0.6) is 11.5 Å². The molecule has 11 nitrogen and oxygen atoms in total. The van der Waals surface area contributed by atoms with Crippen LogP contribution in [0.2, 0.25) is 0 Å². The second-order valence-corrected chi connectivity index (χ2v) is 14.5. The smallest absolute Gasteiger partial charge is 0.271 e. The summed E-state index contributed by atoms with van der Waals surface area (Å²) in [5.74, 6) is -0.106. The molecular formula is C36H41N5O6S. The maximum atomic E-state index is 15.5. The Balaban J connectivity index is 1.64. The molecule has 6 rings (SSSR count). The number of hydrogen-bond acceptors (Lipinski definition) is 9. The number of fused-ring (bicyclic) bond motifs is 1. The molecule has 12 heteroatoms. The standard InChI is InChI=1S/C36H41N5O6S/c1-38(2)34(42)32-9-8-20-40(32)36(30-22-26(11-17-33(30)47-4)24-39-18-6-5-7-19-39)29-21-25(23-37)10-16-31(29)41(35(36)43)48(44,45)28-14-12-27(46-3)13-15-28/h10-17,21-22,32H,5-9,18-20,24H2,1-4H3/t32?,36-/m0/s1. The van der Waals surface area contributed by atoms with Gasteiger partial charge in [0, 0.05) is 38.3 Å². The summed E-state index contributed by atoms with van der Waals surface area (Å²) in [6.45, 7) is 2.89. The Morgan fingerprint density at radius 2 is 1.67 bits per heavy atom. The lowest BCUT2D eigenvalue weighted by molar-refractivity contribution is -0.138. The summed E-state index contributed by atoms with van der Waals surface area (Å²) in [7, 11) is 1.85. The van der Waals surface area contributed by atoms with E-state index < -0.39 is 27.5 Å². The fourth-order valence-corrected chi connectivity index (χ4v) is 8.92. The minimum Gasteiger partial charge on any atom is -0.497 e. The SMILES string of the molecule is COc1ccc(S(=O)(=O)N2C(=O)[C@](c3cc(CN4CCCCC4)ccc3OC)(N3CCCC3C(=O)N(C)C)c3cc(C#N)ccc32)cc1. The number of carbonyl (C=O) groups is 2. The topological polar surface area (TPSA) is 123 Å². The minimum atomic E-state index is -4.49. The number of hydrogen-bond donors (Lipinski definition) is 0. The molecule has 2 amide bonds. The molecule has 252 valence electrons. The van der Waals surface area contributed by atoms with E-state index in [0.29, 0.717) is 48.6 Å². The number of nitrogens with zero attached hydrogens (tertiary/aromatic N) is 5. The largest absolute Gasteiger partial charge is 0.497 e. The number of piperidine rings is 1. The van der Waals surface area contributed by atoms with Crippen molar-refractivity contribution in [2.45, 2.75) is 55.1 Å². The lowest BCUT2D eigenvalue weighted by Crippen LogP contribution is -2.59. The Labute approximate surface area is 282 Å². The summed E-state index contributed by atoms with van der Waals surface area (Å²) < 4.78 is 41.2. The first-order valence-electron chi connectivity index (χ1n) is 16.2. The predicted molar refractivity (Wildman–Crippen MR) is 180 cm³/mol. The van der Waals surface area contributed by atoms with Crippen molar-refractivity contribution in [1.82, 2.24) is 14.7 Å². The van der Waals surface area contributed by atoms with Crippen LogP contribution < -0.4 is 13.8 Å². The van der Waals surface area contributed by atoms with Gasteiger partial charge in [0.1, 0.15) is 11.5 Å². The van der Waals surface area contributed by atoms with Gasteiger partial charge in [0.15, 0.2) is 5.54 Å². The molecule has 3 aliphatic heterocycles. The third kappa shape index (κ3) is 5.49. The van der Waals surface area contributed by atoms with E-state index in [-0.39, 0.29) is 22.1 Å². The summed E-state index contributed by atoms with van der Waals surface area (Å²) >= 11 is 0.